The molecule has 2 heterocycles. The monoisotopic (exact) mass is 364 g/mol. The normalized spacial score (nSPS) is 13.0. The minimum absolute atomic E-state index is 0.152. The average Bonchev–Trinajstić information content (AvgIpc) is 3.23. The molecule has 0 atom stereocenters. The van der Waals surface area contributed by atoms with Crippen molar-refractivity contribution in [1.29, 1.82) is 0 Å². The lowest BCUT2D eigenvalue weighted by Gasteiger charge is -2.05. The van der Waals surface area contributed by atoms with Gasteiger partial charge in [-0.25, -0.2) is 9.07 Å². The van der Waals surface area contributed by atoms with Crippen molar-refractivity contribution in [1.82, 2.24) is 14.7 Å². The first-order chi connectivity index (χ1) is 12.9. The Balaban J connectivity index is 1.55. The van der Waals surface area contributed by atoms with Gasteiger partial charge in [0, 0.05) is 18.9 Å². The van der Waals surface area contributed by atoms with Gasteiger partial charge in [-0.3, -0.25) is 19.3 Å². The maximum atomic E-state index is 13.0. The summed E-state index contributed by atoms with van der Waals surface area (Å²) in [4.78, 5) is 37.4. The molecule has 8 heteroatoms. The van der Waals surface area contributed by atoms with Crippen LogP contribution in [0.15, 0.2) is 54.7 Å². The fraction of sp³-hybridized carbons (Fsp3) is 0.0526. The van der Waals surface area contributed by atoms with Gasteiger partial charge in [0.05, 0.1) is 16.8 Å². The molecule has 0 saturated carbocycles. The number of nitrogens with zero attached hydrogens (tertiary/aromatic N) is 3. The number of imide groups is 1. The number of hydrogen-bond donors (Lipinski definition) is 1. The van der Waals surface area contributed by atoms with Gasteiger partial charge in [-0.05, 0) is 48.5 Å². The van der Waals surface area contributed by atoms with Gasteiger partial charge in [-0.2, -0.15) is 5.10 Å². The summed E-state index contributed by atoms with van der Waals surface area (Å²) < 4.78 is 14.5. The molecule has 0 radical (unpaired) electrons. The first kappa shape index (κ1) is 16.6. The molecule has 7 nitrogen and oxygen atoms in total. The van der Waals surface area contributed by atoms with E-state index in [0.29, 0.717) is 16.9 Å². The maximum Gasteiger partial charge on any atom is 0.276 e. The number of amides is 3. The molecule has 4 rings (SSSR count). The Kier molecular flexibility index (Phi) is 3.80. The minimum atomic E-state index is -0.471. The second kappa shape index (κ2) is 6.17. The summed E-state index contributed by atoms with van der Waals surface area (Å²) in [5.74, 6) is -1.61. The molecule has 0 bridgehead atoms. The predicted octanol–water partition coefficient (Wildman–Crippen LogP) is 2.49. The summed E-state index contributed by atoms with van der Waals surface area (Å²) >= 11 is 0. The van der Waals surface area contributed by atoms with E-state index in [4.69, 9.17) is 0 Å². The van der Waals surface area contributed by atoms with E-state index in [1.807, 2.05) is 0 Å². The molecule has 1 N–H and O–H groups in total. The highest BCUT2D eigenvalue weighted by Gasteiger charge is 2.32. The highest BCUT2D eigenvalue weighted by molar-refractivity contribution is 6.21. The number of carbonyl (C=O) groups excluding carboxylic acids is 3. The lowest BCUT2D eigenvalue weighted by molar-refractivity contribution is 0.0692. The molecule has 134 valence electrons. The number of anilines is 1. The van der Waals surface area contributed by atoms with Gasteiger partial charge in [0.25, 0.3) is 17.7 Å². The van der Waals surface area contributed by atoms with Crippen LogP contribution in [0.3, 0.4) is 0 Å². The Morgan fingerprint density at radius 3 is 2.44 bits per heavy atom. The second-order valence-electron chi connectivity index (χ2n) is 6.01. The SMILES string of the molecule is CN1C(=O)c2ccc(NC(=O)c3ccn(-c4ccc(F)cc4)n3)cc2C1=O. The Bertz CT molecular complexity index is 1090. The van der Waals surface area contributed by atoms with Crippen molar-refractivity contribution in [2.24, 2.45) is 0 Å². The molecule has 0 spiro atoms. The van der Waals surface area contributed by atoms with Crippen LogP contribution >= 0.6 is 0 Å². The molecule has 3 amide bonds. The van der Waals surface area contributed by atoms with Crippen molar-refractivity contribution in [3.05, 3.63) is 77.4 Å². The van der Waals surface area contributed by atoms with Crippen LogP contribution in [0.2, 0.25) is 0 Å². The lowest BCUT2D eigenvalue weighted by Crippen LogP contribution is -2.24. The number of nitrogens with one attached hydrogen (secondary N) is 1. The second-order valence-corrected chi connectivity index (χ2v) is 6.01. The molecule has 0 saturated heterocycles. The largest absolute Gasteiger partial charge is 0.321 e. The molecular weight excluding hydrogens is 351 g/mol. The molecule has 0 unspecified atom stereocenters. The third-order valence-corrected chi connectivity index (χ3v) is 4.26. The van der Waals surface area contributed by atoms with Gasteiger partial charge in [-0.1, -0.05) is 0 Å². The van der Waals surface area contributed by atoms with Crippen molar-refractivity contribution in [3.8, 4) is 5.69 Å². The first-order valence-corrected chi connectivity index (χ1v) is 8.03. The molecule has 3 aromatic rings. The summed E-state index contributed by atoms with van der Waals surface area (Å²) in [7, 11) is 1.41. The third kappa shape index (κ3) is 2.86. The number of hydrogen-bond acceptors (Lipinski definition) is 4. The Morgan fingerprint density at radius 2 is 1.70 bits per heavy atom. The van der Waals surface area contributed by atoms with E-state index in [9.17, 15) is 18.8 Å². The quantitative estimate of drug-likeness (QED) is 0.724. The van der Waals surface area contributed by atoms with Crippen LogP contribution in [0.5, 0.6) is 0 Å². The van der Waals surface area contributed by atoms with Crippen LogP contribution < -0.4 is 5.32 Å². The van der Waals surface area contributed by atoms with Crippen molar-refractivity contribution in [3.63, 3.8) is 0 Å². The summed E-state index contributed by atoms with van der Waals surface area (Å²) in [5.41, 5.74) is 1.70. The minimum Gasteiger partial charge on any atom is -0.321 e. The smallest absolute Gasteiger partial charge is 0.276 e. The van der Waals surface area contributed by atoms with E-state index in [-0.39, 0.29) is 23.0 Å². The molecule has 1 aliphatic heterocycles. The Morgan fingerprint density at radius 1 is 1.00 bits per heavy atom. The lowest BCUT2D eigenvalue weighted by atomic mass is 10.1. The van der Waals surface area contributed by atoms with Crippen LogP contribution in [-0.2, 0) is 0 Å². The molecule has 0 fully saturated rings. The van der Waals surface area contributed by atoms with E-state index in [1.54, 1.807) is 24.4 Å². The number of halogens is 1. The van der Waals surface area contributed by atoms with Crippen molar-refractivity contribution >= 4 is 23.4 Å². The zero-order valence-electron chi connectivity index (χ0n) is 14.1. The van der Waals surface area contributed by atoms with Crippen LogP contribution in [0.25, 0.3) is 5.69 Å². The van der Waals surface area contributed by atoms with Crippen LogP contribution in [0, 0.1) is 5.82 Å². The summed E-state index contributed by atoms with van der Waals surface area (Å²) in [6.07, 6.45) is 1.59. The van der Waals surface area contributed by atoms with Crippen molar-refractivity contribution in [2.75, 3.05) is 12.4 Å². The van der Waals surface area contributed by atoms with Crippen molar-refractivity contribution < 1.29 is 18.8 Å². The summed E-state index contributed by atoms with van der Waals surface area (Å²) in [5, 5.41) is 6.83. The van der Waals surface area contributed by atoms with E-state index >= 15 is 0 Å². The third-order valence-electron chi connectivity index (χ3n) is 4.26. The predicted molar refractivity (Wildman–Crippen MR) is 94.3 cm³/mol. The number of carbonyl (C=O) groups is 3. The average molecular weight is 364 g/mol. The molecule has 0 aliphatic carbocycles. The number of fused-ring (bicyclic) bond motifs is 1. The zero-order valence-corrected chi connectivity index (χ0v) is 14.1. The van der Waals surface area contributed by atoms with Gasteiger partial charge in [-0.15, -0.1) is 0 Å². The first-order valence-electron chi connectivity index (χ1n) is 8.03. The Labute approximate surface area is 153 Å². The van der Waals surface area contributed by atoms with E-state index < -0.39 is 11.8 Å². The van der Waals surface area contributed by atoms with Gasteiger partial charge in [0.2, 0.25) is 0 Å². The molecular formula is C19H13FN4O3. The fourth-order valence-electron chi connectivity index (χ4n) is 2.82. The molecule has 1 aromatic heterocycles. The van der Waals surface area contributed by atoms with Crippen LogP contribution in [0.1, 0.15) is 31.2 Å². The summed E-state index contributed by atoms with van der Waals surface area (Å²) in [6.45, 7) is 0. The fourth-order valence-corrected chi connectivity index (χ4v) is 2.82. The molecule has 2 aromatic carbocycles. The standard InChI is InChI=1S/C19H13FN4O3/c1-23-18(26)14-7-4-12(10-15(14)19(23)27)21-17(25)16-8-9-24(22-16)13-5-2-11(20)3-6-13/h2-10H,1H3,(H,21,25). The topological polar surface area (TPSA) is 84.3 Å². The highest BCUT2D eigenvalue weighted by Crippen LogP contribution is 2.25. The van der Waals surface area contributed by atoms with Crippen molar-refractivity contribution in [2.45, 2.75) is 0 Å². The number of aromatic nitrogens is 2. The summed E-state index contributed by atoms with van der Waals surface area (Å²) in [6, 6.07) is 11.7. The van der Waals surface area contributed by atoms with Gasteiger partial charge < -0.3 is 5.32 Å². The Hall–Kier alpha value is -3.81. The number of benzene rings is 2. The highest BCUT2D eigenvalue weighted by atomic mass is 19.1. The van der Waals surface area contributed by atoms with E-state index in [0.717, 1.165) is 4.90 Å². The zero-order chi connectivity index (χ0) is 19.1. The molecule has 27 heavy (non-hydrogen) atoms. The number of rotatable bonds is 3. The van der Waals surface area contributed by atoms with Gasteiger partial charge >= 0.3 is 0 Å². The maximum absolute atomic E-state index is 13.0. The van der Waals surface area contributed by atoms with E-state index in [2.05, 4.69) is 10.4 Å². The van der Waals surface area contributed by atoms with Crippen LogP contribution in [0.4, 0.5) is 10.1 Å². The van der Waals surface area contributed by atoms with Crippen LogP contribution in [-0.4, -0.2) is 39.4 Å². The molecule has 1 aliphatic rings. The van der Waals surface area contributed by atoms with Gasteiger partial charge in [0.15, 0.2) is 5.69 Å². The van der Waals surface area contributed by atoms with Gasteiger partial charge in [0.1, 0.15) is 5.82 Å². The van der Waals surface area contributed by atoms with E-state index in [1.165, 1.54) is 42.1 Å².